The quantitative estimate of drug-likeness (QED) is 0.928. The molecule has 0 aliphatic heterocycles. The Morgan fingerprint density at radius 2 is 1.76 bits per heavy atom. The average Bonchev–Trinajstić information content (AvgIpc) is 2.47. The van der Waals surface area contributed by atoms with Crippen LogP contribution >= 0.6 is 0 Å². The van der Waals surface area contributed by atoms with Gasteiger partial charge in [-0.05, 0) is 44.9 Å². The van der Waals surface area contributed by atoms with Crippen LogP contribution in [-0.4, -0.2) is 17.0 Å². The van der Waals surface area contributed by atoms with Gasteiger partial charge in [-0.15, -0.1) is 0 Å². The van der Waals surface area contributed by atoms with Gasteiger partial charge in [-0.1, -0.05) is 19.1 Å². The number of benzene rings is 1. The van der Waals surface area contributed by atoms with Crippen LogP contribution in [0.1, 0.15) is 43.4 Å². The van der Waals surface area contributed by atoms with Crippen LogP contribution in [0.25, 0.3) is 0 Å². The second kappa shape index (κ2) is 5.80. The lowest BCUT2D eigenvalue weighted by Crippen LogP contribution is -2.24. The highest BCUT2D eigenvalue weighted by Crippen LogP contribution is 2.31. The van der Waals surface area contributed by atoms with E-state index in [9.17, 15) is 4.39 Å². The van der Waals surface area contributed by atoms with Crippen molar-refractivity contribution < 1.29 is 4.39 Å². The predicted octanol–water partition coefficient (Wildman–Crippen LogP) is 3.85. The highest BCUT2D eigenvalue weighted by atomic mass is 19.1. The minimum Gasteiger partial charge on any atom is -0.373 e. The van der Waals surface area contributed by atoms with E-state index in [1.807, 2.05) is 14.0 Å². The summed E-state index contributed by atoms with van der Waals surface area (Å²) in [4.78, 5) is 9.38. The topological polar surface area (TPSA) is 37.8 Å². The highest BCUT2D eigenvalue weighted by Gasteiger charge is 2.28. The van der Waals surface area contributed by atoms with E-state index < -0.39 is 0 Å². The lowest BCUT2D eigenvalue weighted by molar-refractivity contribution is 0.579. The fourth-order valence-electron chi connectivity index (χ4n) is 2.43. The van der Waals surface area contributed by atoms with Gasteiger partial charge in [0.05, 0.1) is 0 Å². The van der Waals surface area contributed by atoms with Crippen LogP contribution in [0.2, 0.25) is 0 Å². The Hall–Kier alpha value is -1.97. The molecule has 0 fully saturated rings. The summed E-state index contributed by atoms with van der Waals surface area (Å²) in [6.07, 6.45) is 0.857. The maximum atomic E-state index is 13.1. The van der Waals surface area contributed by atoms with Crippen molar-refractivity contribution in [1.29, 1.82) is 0 Å². The van der Waals surface area contributed by atoms with Crippen LogP contribution in [-0.2, 0) is 11.8 Å². The third-order valence-electron chi connectivity index (χ3n) is 3.94. The van der Waals surface area contributed by atoms with E-state index in [1.165, 1.54) is 12.1 Å². The zero-order valence-electron chi connectivity index (χ0n) is 13.3. The molecule has 0 bridgehead atoms. The van der Waals surface area contributed by atoms with Gasteiger partial charge in [-0.3, -0.25) is 0 Å². The molecule has 1 aromatic carbocycles. The van der Waals surface area contributed by atoms with Gasteiger partial charge in [0.25, 0.3) is 0 Å². The number of aromatic nitrogens is 2. The van der Waals surface area contributed by atoms with Gasteiger partial charge >= 0.3 is 0 Å². The van der Waals surface area contributed by atoms with Crippen molar-refractivity contribution in [3.63, 3.8) is 0 Å². The predicted molar refractivity (Wildman–Crippen MR) is 84.2 cm³/mol. The van der Waals surface area contributed by atoms with Crippen LogP contribution in [0.3, 0.4) is 0 Å². The lowest BCUT2D eigenvalue weighted by atomic mass is 9.83. The summed E-state index contributed by atoms with van der Waals surface area (Å²) >= 11 is 0. The monoisotopic (exact) mass is 287 g/mol. The Morgan fingerprint density at radius 1 is 1.14 bits per heavy atom. The average molecular weight is 287 g/mol. The van der Waals surface area contributed by atoms with E-state index in [1.54, 1.807) is 12.1 Å². The Kier molecular flexibility index (Phi) is 4.26. The highest BCUT2D eigenvalue weighted by molar-refractivity contribution is 5.47. The standard InChI is InChI=1S/C17H22FN3/c1-6-14-11(2)15(19-5)21-16(20-14)17(3,4)12-7-9-13(18)10-8-12/h7-10H,6H2,1-5H3,(H,19,20,21). The molecule has 2 rings (SSSR count). The minimum atomic E-state index is -0.378. The van der Waals surface area contributed by atoms with Gasteiger partial charge in [0.15, 0.2) is 0 Å². The first-order valence-electron chi connectivity index (χ1n) is 7.22. The molecule has 0 radical (unpaired) electrons. The van der Waals surface area contributed by atoms with E-state index in [2.05, 4.69) is 31.1 Å². The van der Waals surface area contributed by atoms with Gasteiger partial charge in [-0.25, -0.2) is 14.4 Å². The number of hydrogen-bond donors (Lipinski definition) is 1. The van der Waals surface area contributed by atoms with Crippen molar-refractivity contribution in [3.8, 4) is 0 Å². The maximum Gasteiger partial charge on any atom is 0.140 e. The molecular weight excluding hydrogens is 265 g/mol. The molecule has 0 aliphatic carbocycles. The number of halogens is 1. The molecule has 1 aromatic heterocycles. The molecule has 112 valence electrons. The van der Waals surface area contributed by atoms with Crippen molar-refractivity contribution in [2.75, 3.05) is 12.4 Å². The summed E-state index contributed by atoms with van der Waals surface area (Å²) < 4.78 is 13.1. The number of anilines is 1. The fourth-order valence-corrected chi connectivity index (χ4v) is 2.43. The molecule has 0 spiro atoms. The minimum absolute atomic E-state index is 0.232. The third kappa shape index (κ3) is 2.89. The summed E-state index contributed by atoms with van der Waals surface area (Å²) in [7, 11) is 1.86. The van der Waals surface area contributed by atoms with Gasteiger partial charge in [0, 0.05) is 23.7 Å². The Labute approximate surface area is 125 Å². The number of nitrogens with zero attached hydrogens (tertiary/aromatic N) is 2. The van der Waals surface area contributed by atoms with Crippen LogP contribution < -0.4 is 5.32 Å². The molecule has 1 N–H and O–H groups in total. The summed E-state index contributed by atoms with van der Waals surface area (Å²) in [6, 6.07) is 6.54. The van der Waals surface area contributed by atoms with E-state index >= 15 is 0 Å². The summed E-state index contributed by atoms with van der Waals surface area (Å²) in [5.41, 5.74) is 2.74. The summed E-state index contributed by atoms with van der Waals surface area (Å²) in [5.74, 6) is 1.37. The Morgan fingerprint density at radius 3 is 2.29 bits per heavy atom. The normalized spacial score (nSPS) is 11.5. The number of hydrogen-bond acceptors (Lipinski definition) is 3. The molecular formula is C17H22FN3. The zero-order chi connectivity index (χ0) is 15.6. The molecule has 0 saturated carbocycles. The SMILES string of the molecule is CCc1nc(C(C)(C)c2ccc(F)cc2)nc(NC)c1C. The van der Waals surface area contributed by atoms with Gasteiger partial charge in [-0.2, -0.15) is 0 Å². The first-order valence-corrected chi connectivity index (χ1v) is 7.22. The van der Waals surface area contributed by atoms with Crippen LogP contribution in [0.4, 0.5) is 10.2 Å². The first-order chi connectivity index (χ1) is 9.90. The maximum absolute atomic E-state index is 13.1. The Bertz CT molecular complexity index is 608. The first kappa shape index (κ1) is 15.4. The lowest BCUT2D eigenvalue weighted by Gasteiger charge is -2.25. The smallest absolute Gasteiger partial charge is 0.140 e. The van der Waals surface area contributed by atoms with E-state index in [0.717, 1.165) is 34.9 Å². The van der Waals surface area contributed by atoms with Crippen molar-refractivity contribution >= 4 is 5.82 Å². The van der Waals surface area contributed by atoms with Crippen molar-refractivity contribution in [2.24, 2.45) is 0 Å². The summed E-state index contributed by atoms with van der Waals surface area (Å²) in [6.45, 7) is 8.23. The van der Waals surface area contributed by atoms with Crippen LogP contribution in [0.15, 0.2) is 24.3 Å². The fraction of sp³-hybridized carbons (Fsp3) is 0.412. The van der Waals surface area contributed by atoms with Gasteiger partial charge < -0.3 is 5.32 Å². The number of nitrogens with one attached hydrogen (secondary N) is 1. The second-order valence-corrected chi connectivity index (χ2v) is 5.70. The third-order valence-corrected chi connectivity index (χ3v) is 3.94. The van der Waals surface area contributed by atoms with Gasteiger partial charge in [0.1, 0.15) is 17.5 Å². The summed E-state index contributed by atoms with van der Waals surface area (Å²) in [5, 5.41) is 3.13. The van der Waals surface area contributed by atoms with E-state index in [4.69, 9.17) is 4.98 Å². The molecule has 3 nitrogen and oxygen atoms in total. The Balaban J connectivity index is 2.56. The van der Waals surface area contributed by atoms with Crippen molar-refractivity contribution in [1.82, 2.24) is 9.97 Å². The molecule has 0 amide bonds. The molecule has 0 aliphatic rings. The molecule has 2 aromatic rings. The van der Waals surface area contributed by atoms with E-state index in [0.29, 0.717) is 0 Å². The molecule has 0 saturated heterocycles. The van der Waals surface area contributed by atoms with Crippen molar-refractivity contribution in [2.45, 2.75) is 39.5 Å². The number of aryl methyl sites for hydroxylation is 1. The molecule has 21 heavy (non-hydrogen) atoms. The van der Waals surface area contributed by atoms with Crippen molar-refractivity contribution in [3.05, 3.63) is 52.7 Å². The van der Waals surface area contributed by atoms with Crippen LogP contribution in [0, 0.1) is 12.7 Å². The van der Waals surface area contributed by atoms with E-state index in [-0.39, 0.29) is 11.2 Å². The number of rotatable bonds is 4. The van der Waals surface area contributed by atoms with Crippen LogP contribution in [0.5, 0.6) is 0 Å². The molecule has 0 atom stereocenters. The zero-order valence-corrected chi connectivity index (χ0v) is 13.3. The largest absolute Gasteiger partial charge is 0.373 e. The second-order valence-electron chi connectivity index (χ2n) is 5.70. The molecule has 4 heteroatoms. The van der Waals surface area contributed by atoms with Gasteiger partial charge in [0.2, 0.25) is 0 Å². The molecule has 1 heterocycles. The molecule has 0 unspecified atom stereocenters.